The molecule has 156 valence electrons. The maximum Gasteiger partial charge on any atom is 0.315 e. The van der Waals surface area contributed by atoms with Crippen molar-refractivity contribution in [3.63, 3.8) is 0 Å². The zero-order valence-corrected chi connectivity index (χ0v) is 19.3. The van der Waals surface area contributed by atoms with Gasteiger partial charge in [0.15, 0.2) is 5.78 Å². The fourth-order valence-electron chi connectivity index (χ4n) is 4.43. The standard InChI is InChI=1S/C24H30BrNO3/c1-5-6-9-12-29-23(28)20-15(2)26-18-13-24(3,4)14-19(27)22(18)21(20)16-10-7-8-11-17(16)25/h7-8,10-11,20-21H,5-6,9,12-14H2,1-4H3/t20?,21-/m1/s1. The number of carbonyl (C=O) groups excluding carboxylic acids is 2. The third kappa shape index (κ3) is 4.71. The summed E-state index contributed by atoms with van der Waals surface area (Å²) in [5.41, 5.74) is 3.08. The highest BCUT2D eigenvalue weighted by Crippen LogP contribution is 2.49. The number of halogens is 1. The van der Waals surface area contributed by atoms with Crippen molar-refractivity contribution in [1.29, 1.82) is 0 Å². The number of carbonyl (C=O) groups is 2. The number of esters is 1. The van der Waals surface area contributed by atoms with Gasteiger partial charge in [-0.1, -0.05) is 67.7 Å². The SMILES string of the molecule is CCCCCOC(=O)C1C(C)=NC2=C(C(=O)CC(C)(C)C2)[C@@H]1c1ccccc1Br. The van der Waals surface area contributed by atoms with Gasteiger partial charge in [-0.05, 0) is 36.8 Å². The first-order valence-electron chi connectivity index (χ1n) is 10.5. The van der Waals surface area contributed by atoms with Gasteiger partial charge in [0.25, 0.3) is 0 Å². The largest absolute Gasteiger partial charge is 0.465 e. The fraction of sp³-hybridized carbons (Fsp3) is 0.542. The molecule has 1 unspecified atom stereocenters. The lowest BCUT2D eigenvalue weighted by Gasteiger charge is -2.39. The van der Waals surface area contributed by atoms with Crippen LogP contribution in [-0.2, 0) is 14.3 Å². The van der Waals surface area contributed by atoms with Crippen LogP contribution in [0.1, 0.15) is 71.3 Å². The molecule has 0 saturated heterocycles. The van der Waals surface area contributed by atoms with Crippen LogP contribution >= 0.6 is 15.9 Å². The lowest BCUT2D eigenvalue weighted by Crippen LogP contribution is -2.39. The van der Waals surface area contributed by atoms with Crippen LogP contribution in [0.5, 0.6) is 0 Å². The van der Waals surface area contributed by atoms with Crippen LogP contribution in [0.2, 0.25) is 0 Å². The zero-order valence-electron chi connectivity index (χ0n) is 17.8. The summed E-state index contributed by atoms with van der Waals surface area (Å²) >= 11 is 3.63. The molecule has 2 atom stereocenters. The molecule has 2 aliphatic rings. The summed E-state index contributed by atoms with van der Waals surface area (Å²) in [7, 11) is 0. The molecule has 0 N–H and O–H groups in total. The minimum Gasteiger partial charge on any atom is -0.465 e. The fourth-order valence-corrected chi connectivity index (χ4v) is 4.96. The minimum atomic E-state index is -0.570. The second kappa shape index (κ2) is 8.95. The number of nitrogens with zero attached hydrogens (tertiary/aromatic N) is 1. The van der Waals surface area contributed by atoms with E-state index in [1.165, 1.54) is 0 Å². The highest BCUT2D eigenvalue weighted by atomic mass is 79.9. The molecule has 1 aliphatic carbocycles. The molecule has 1 aromatic carbocycles. The van der Waals surface area contributed by atoms with Gasteiger partial charge in [0.05, 0.1) is 6.61 Å². The summed E-state index contributed by atoms with van der Waals surface area (Å²) in [6.07, 6.45) is 4.17. The van der Waals surface area contributed by atoms with Gasteiger partial charge in [0.2, 0.25) is 0 Å². The summed E-state index contributed by atoms with van der Waals surface area (Å²) in [6.45, 7) is 8.61. The van der Waals surface area contributed by atoms with Gasteiger partial charge in [-0.3, -0.25) is 14.6 Å². The average molecular weight is 460 g/mol. The molecule has 0 bridgehead atoms. The maximum absolute atomic E-state index is 13.2. The van der Waals surface area contributed by atoms with Gasteiger partial charge in [-0.15, -0.1) is 0 Å². The van der Waals surface area contributed by atoms with E-state index in [0.29, 0.717) is 18.6 Å². The Balaban J connectivity index is 2.04. The van der Waals surface area contributed by atoms with Crippen molar-refractivity contribution < 1.29 is 14.3 Å². The number of ether oxygens (including phenoxy) is 1. The zero-order chi connectivity index (χ0) is 21.2. The van der Waals surface area contributed by atoms with Gasteiger partial charge in [-0.25, -0.2) is 0 Å². The van der Waals surface area contributed by atoms with E-state index in [-0.39, 0.29) is 23.1 Å². The molecule has 4 nitrogen and oxygen atoms in total. The van der Waals surface area contributed by atoms with E-state index in [9.17, 15) is 9.59 Å². The van der Waals surface area contributed by atoms with Crippen molar-refractivity contribution in [3.8, 4) is 0 Å². The number of rotatable bonds is 6. The Bertz CT molecular complexity index is 869. The van der Waals surface area contributed by atoms with Crippen molar-refractivity contribution >= 4 is 33.4 Å². The van der Waals surface area contributed by atoms with Crippen molar-refractivity contribution in [1.82, 2.24) is 0 Å². The van der Waals surface area contributed by atoms with E-state index >= 15 is 0 Å². The first kappa shape index (κ1) is 21.9. The second-order valence-electron chi connectivity index (χ2n) is 8.91. The Morgan fingerprint density at radius 1 is 1.24 bits per heavy atom. The third-order valence-electron chi connectivity index (χ3n) is 5.79. The first-order valence-corrected chi connectivity index (χ1v) is 11.3. The van der Waals surface area contributed by atoms with Crippen molar-refractivity contribution in [3.05, 3.63) is 45.6 Å². The van der Waals surface area contributed by atoms with Gasteiger partial charge < -0.3 is 4.74 Å². The molecule has 3 rings (SSSR count). The first-order chi connectivity index (χ1) is 13.7. The third-order valence-corrected chi connectivity index (χ3v) is 6.51. The summed E-state index contributed by atoms with van der Waals surface area (Å²) in [6, 6.07) is 7.83. The van der Waals surface area contributed by atoms with E-state index in [4.69, 9.17) is 9.73 Å². The van der Waals surface area contributed by atoms with Gasteiger partial charge in [0.1, 0.15) is 5.92 Å². The number of Topliss-reactive ketones (excluding diaryl/α,β-unsaturated/α-hetero) is 1. The Morgan fingerprint density at radius 2 is 1.97 bits per heavy atom. The topological polar surface area (TPSA) is 55.7 Å². The normalized spacial score (nSPS) is 23.5. The Labute approximate surface area is 181 Å². The number of hydrogen-bond acceptors (Lipinski definition) is 4. The van der Waals surface area contributed by atoms with E-state index < -0.39 is 5.92 Å². The molecule has 0 spiro atoms. The molecule has 0 fully saturated rings. The van der Waals surface area contributed by atoms with Crippen LogP contribution in [0, 0.1) is 11.3 Å². The van der Waals surface area contributed by atoms with E-state index in [2.05, 4.69) is 36.7 Å². The predicted octanol–water partition coefficient (Wildman–Crippen LogP) is 6.00. The molecule has 1 aliphatic heterocycles. The van der Waals surface area contributed by atoms with Crippen molar-refractivity contribution in [2.24, 2.45) is 16.3 Å². The molecular weight excluding hydrogens is 430 g/mol. The molecule has 0 saturated carbocycles. The van der Waals surface area contributed by atoms with Crippen LogP contribution in [0.4, 0.5) is 0 Å². The second-order valence-corrected chi connectivity index (χ2v) is 9.76. The highest BCUT2D eigenvalue weighted by Gasteiger charge is 2.46. The Kier molecular flexibility index (Phi) is 6.77. The number of aliphatic imine (C=N–C) groups is 1. The number of unbranched alkanes of at least 4 members (excludes halogenated alkanes) is 2. The van der Waals surface area contributed by atoms with Crippen LogP contribution in [0.15, 0.2) is 45.0 Å². The molecule has 1 heterocycles. The summed E-state index contributed by atoms with van der Waals surface area (Å²) in [5, 5.41) is 0. The maximum atomic E-state index is 13.2. The summed E-state index contributed by atoms with van der Waals surface area (Å²) in [5.74, 6) is -1.12. The van der Waals surface area contributed by atoms with Gasteiger partial charge >= 0.3 is 5.97 Å². The minimum absolute atomic E-state index is 0.0945. The van der Waals surface area contributed by atoms with Crippen molar-refractivity contribution in [2.45, 2.75) is 65.7 Å². The molecule has 0 aromatic heterocycles. The van der Waals surface area contributed by atoms with Crippen molar-refractivity contribution in [2.75, 3.05) is 6.61 Å². The van der Waals surface area contributed by atoms with Crippen LogP contribution in [-0.4, -0.2) is 24.1 Å². The van der Waals surface area contributed by atoms with E-state index in [1.54, 1.807) is 0 Å². The average Bonchev–Trinajstić information content (AvgIpc) is 2.63. The lowest BCUT2D eigenvalue weighted by atomic mass is 9.67. The van der Waals surface area contributed by atoms with Crippen LogP contribution in [0.25, 0.3) is 0 Å². The molecule has 5 heteroatoms. The number of hydrogen-bond donors (Lipinski definition) is 0. The van der Waals surface area contributed by atoms with Gasteiger partial charge in [-0.2, -0.15) is 0 Å². The van der Waals surface area contributed by atoms with Crippen LogP contribution < -0.4 is 0 Å². The quantitative estimate of drug-likeness (QED) is 0.387. The molecule has 1 aromatic rings. The Hall–Kier alpha value is -1.75. The lowest BCUT2D eigenvalue weighted by molar-refractivity contribution is -0.146. The molecule has 0 amide bonds. The highest BCUT2D eigenvalue weighted by molar-refractivity contribution is 9.10. The molecule has 0 radical (unpaired) electrons. The molecular formula is C24H30BrNO3. The predicted molar refractivity (Wildman–Crippen MR) is 119 cm³/mol. The van der Waals surface area contributed by atoms with Gasteiger partial charge in [0, 0.05) is 33.8 Å². The monoisotopic (exact) mass is 459 g/mol. The number of benzene rings is 1. The summed E-state index contributed by atoms with van der Waals surface area (Å²) < 4.78 is 6.53. The summed E-state index contributed by atoms with van der Waals surface area (Å²) in [4.78, 5) is 31.1. The smallest absolute Gasteiger partial charge is 0.315 e. The van der Waals surface area contributed by atoms with E-state index in [1.807, 2.05) is 31.2 Å². The van der Waals surface area contributed by atoms with Crippen LogP contribution in [0.3, 0.4) is 0 Å². The number of ketones is 1. The van der Waals surface area contributed by atoms with E-state index in [0.717, 1.165) is 47.1 Å². The number of allylic oxidation sites excluding steroid dienone is 2. The Morgan fingerprint density at radius 3 is 2.66 bits per heavy atom. The molecule has 29 heavy (non-hydrogen) atoms.